The van der Waals surface area contributed by atoms with E-state index in [1.54, 1.807) is 13.8 Å². The molecule has 0 fully saturated rings. The second-order valence-corrected chi connectivity index (χ2v) is 9.33. The van der Waals surface area contributed by atoms with E-state index in [-0.39, 0.29) is 16.4 Å². The fourth-order valence-corrected chi connectivity index (χ4v) is 5.06. The molecule has 0 amide bonds. The number of hydrogen-bond donors (Lipinski definition) is 0. The molecule has 1 atom stereocenters. The lowest BCUT2D eigenvalue weighted by Crippen LogP contribution is -2.35. The highest BCUT2D eigenvalue weighted by atomic mass is 79.9. The van der Waals surface area contributed by atoms with Crippen molar-refractivity contribution < 1.29 is 8.42 Å². The van der Waals surface area contributed by atoms with E-state index < -0.39 is 9.84 Å². The van der Waals surface area contributed by atoms with E-state index in [4.69, 9.17) is 0 Å². The molecule has 0 saturated heterocycles. The molecule has 0 spiro atoms. The van der Waals surface area contributed by atoms with Gasteiger partial charge in [0.25, 0.3) is 0 Å². The molecule has 4 heteroatoms. The van der Waals surface area contributed by atoms with E-state index in [2.05, 4.69) is 40.2 Å². The van der Waals surface area contributed by atoms with Gasteiger partial charge in [-0.05, 0) is 50.7 Å². The van der Waals surface area contributed by atoms with Crippen molar-refractivity contribution >= 4 is 25.8 Å². The van der Waals surface area contributed by atoms with E-state index in [1.165, 1.54) is 11.1 Å². The number of sulfone groups is 1. The molecular weight excluding hydrogens is 336 g/mol. The Morgan fingerprint density at radius 2 is 2.00 bits per heavy atom. The Hall–Kier alpha value is -0.350. The van der Waals surface area contributed by atoms with E-state index in [1.807, 2.05) is 0 Å². The minimum Gasteiger partial charge on any atom is -0.229 e. The number of halogens is 1. The summed E-state index contributed by atoms with van der Waals surface area (Å²) in [6, 6.07) is 8.51. The Kier molecular flexibility index (Phi) is 4.96. The van der Waals surface area contributed by atoms with Gasteiger partial charge in [0.15, 0.2) is 9.84 Å². The second kappa shape index (κ2) is 6.18. The van der Waals surface area contributed by atoms with Gasteiger partial charge in [-0.15, -0.1) is 0 Å². The Balaban J connectivity index is 2.28. The van der Waals surface area contributed by atoms with Crippen LogP contribution >= 0.6 is 15.9 Å². The summed E-state index contributed by atoms with van der Waals surface area (Å²) in [5, 5.41) is 0.554. The average molecular weight is 359 g/mol. The number of benzene rings is 1. The molecule has 20 heavy (non-hydrogen) atoms. The van der Waals surface area contributed by atoms with Crippen molar-refractivity contribution in [3.05, 3.63) is 35.4 Å². The third-order valence-electron chi connectivity index (χ3n) is 4.53. The third kappa shape index (κ3) is 3.11. The van der Waals surface area contributed by atoms with Crippen LogP contribution in [-0.2, 0) is 21.7 Å². The SMILES string of the molecule is CC(C)S(=O)(=O)CCC1(CBr)CCCc2ccccc21. The minimum absolute atomic E-state index is 0.0171. The van der Waals surface area contributed by atoms with Crippen molar-refractivity contribution in [2.45, 2.75) is 50.2 Å². The van der Waals surface area contributed by atoms with Crippen molar-refractivity contribution in [3.63, 3.8) is 0 Å². The van der Waals surface area contributed by atoms with E-state index in [0.717, 1.165) is 31.0 Å². The van der Waals surface area contributed by atoms with Crippen LogP contribution in [-0.4, -0.2) is 24.8 Å². The standard InChI is InChI=1S/C16H23BrO2S/c1-13(2)20(18,19)11-10-16(12-17)9-5-7-14-6-3-4-8-15(14)16/h3-4,6,8,13H,5,7,9-12H2,1-2H3. The third-order valence-corrected chi connectivity index (χ3v) is 7.81. The fourth-order valence-electron chi connectivity index (χ4n) is 3.05. The first-order valence-electron chi connectivity index (χ1n) is 7.27. The summed E-state index contributed by atoms with van der Waals surface area (Å²) in [6.45, 7) is 3.54. The van der Waals surface area contributed by atoms with Crippen LogP contribution in [0.25, 0.3) is 0 Å². The molecule has 112 valence electrons. The van der Waals surface area contributed by atoms with Gasteiger partial charge in [-0.2, -0.15) is 0 Å². The predicted molar refractivity (Wildman–Crippen MR) is 88.4 cm³/mol. The molecule has 0 radical (unpaired) electrons. The smallest absolute Gasteiger partial charge is 0.152 e. The predicted octanol–water partition coefficient (Wildman–Crippen LogP) is 3.87. The van der Waals surface area contributed by atoms with Crippen molar-refractivity contribution in [1.82, 2.24) is 0 Å². The summed E-state index contributed by atoms with van der Waals surface area (Å²) < 4.78 is 24.3. The highest BCUT2D eigenvalue weighted by molar-refractivity contribution is 9.09. The van der Waals surface area contributed by atoms with Crippen molar-refractivity contribution in [2.75, 3.05) is 11.1 Å². The van der Waals surface area contributed by atoms with Crippen LogP contribution in [0.15, 0.2) is 24.3 Å². The number of fused-ring (bicyclic) bond motifs is 1. The zero-order valence-electron chi connectivity index (χ0n) is 12.2. The Morgan fingerprint density at radius 1 is 1.30 bits per heavy atom. The van der Waals surface area contributed by atoms with Gasteiger partial charge >= 0.3 is 0 Å². The van der Waals surface area contributed by atoms with Crippen LogP contribution in [0.3, 0.4) is 0 Å². The second-order valence-electron chi connectivity index (χ2n) is 6.09. The minimum atomic E-state index is -2.97. The Morgan fingerprint density at radius 3 is 2.65 bits per heavy atom. The molecule has 0 aliphatic heterocycles. The van der Waals surface area contributed by atoms with E-state index in [9.17, 15) is 8.42 Å². The normalized spacial score (nSPS) is 22.8. The number of hydrogen-bond acceptors (Lipinski definition) is 2. The Bertz CT molecular complexity index is 566. The monoisotopic (exact) mass is 358 g/mol. The first-order valence-corrected chi connectivity index (χ1v) is 10.1. The maximum atomic E-state index is 12.1. The highest BCUT2D eigenvalue weighted by Crippen LogP contribution is 2.41. The lowest BCUT2D eigenvalue weighted by Gasteiger charge is -2.38. The molecule has 1 aromatic carbocycles. The zero-order chi connectivity index (χ0) is 14.8. The summed E-state index contributed by atoms with van der Waals surface area (Å²) in [7, 11) is -2.97. The van der Waals surface area contributed by atoms with Gasteiger partial charge in [0.2, 0.25) is 0 Å². The quantitative estimate of drug-likeness (QED) is 0.748. The molecule has 0 heterocycles. The molecule has 0 N–H and O–H groups in total. The summed E-state index contributed by atoms with van der Waals surface area (Å²) in [5.41, 5.74) is 2.72. The van der Waals surface area contributed by atoms with Crippen LogP contribution in [0.1, 0.15) is 44.2 Å². The molecule has 0 aromatic heterocycles. The van der Waals surface area contributed by atoms with Crippen LogP contribution in [0, 0.1) is 0 Å². The molecule has 2 nitrogen and oxygen atoms in total. The topological polar surface area (TPSA) is 34.1 Å². The molecule has 1 unspecified atom stereocenters. The summed E-state index contributed by atoms with van der Waals surface area (Å²) in [6.07, 6.45) is 4.05. The molecule has 0 bridgehead atoms. The largest absolute Gasteiger partial charge is 0.229 e. The van der Waals surface area contributed by atoms with Crippen LogP contribution in [0.2, 0.25) is 0 Å². The zero-order valence-corrected chi connectivity index (χ0v) is 14.6. The summed E-state index contributed by atoms with van der Waals surface area (Å²) in [4.78, 5) is 0. The van der Waals surface area contributed by atoms with Gasteiger partial charge < -0.3 is 0 Å². The van der Waals surface area contributed by atoms with Crippen molar-refractivity contribution in [3.8, 4) is 0 Å². The lowest BCUT2D eigenvalue weighted by molar-refractivity contribution is 0.391. The van der Waals surface area contributed by atoms with Crippen LogP contribution in [0.5, 0.6) is 0 Å². The van der Waals surface area contributed by atoms with Gasteiger partial charge in [0, 0.05) is 10.7 Å². The first kappa shape index (κ1) is 16.0. The first-order chi connectivity index (χ1) is 9.41. The number of alkyl halides is 1. The van der Waals surface area contributed by atoms with Gasteiger partial charge in [-0.1, -0.05) is 40.2 Å². The number of aryl methyl sites for hydroxylation is 1. The molecule has 1 aliphatic rings. The van der Waals surface area contributed by atoms with Gasteiger partial charge in [0.1, 0.15) is 0 Å². The van der Waals surface area contributed by atoms with Crippen molar-refractivity contribution in [2.24, 2.45) is 0 Å². The van der Waals surface area contributed by atoms with Gasteiger partial charge in [0.05, 0.1) is 11.0 Å². The Labute approximate surface area is 131 Å². The molecular formula is C16H23BrO2S. The van der Waals surface area contributed by atoms with Gasteiger partial charge in [-0.3, -0.25) is 0 Å². The average Bonchev–Trinajstić information content (AvgIpc) is 2.45. The van der Waals surface area contributed by atoms with Crippen LogP contribution in [0.4, 0.5) is 0 Å². The molecule has 0 saturated carbocycles. The van der Waals surface area contributed by atoms with Crippen molar-refractivity contribution in [1.29, 1.82) is 0 Å². The highest BCUT2D eigenvalue weighted by Gasteiger charge is 2.36. The van der Waals surface area contributed by atoms with Crippen LogP contribution < -0.4 is 0 Å². The van der Waals surface area contributed by atoms with E-state index in [0.29, 0.717) is 0 Å². The molecule has 1 aliphatic carbocycles. The lowest BCUT2D eigenvalue weighted by atomic mass is 9.70. The molecule has 1 aromatic rings. The number of rotatable bonds is 5. The molecule has 2 rings (SSSR count). The maximum Gasteiger partial charge on any atom is 0.152 e. The van der Waals surface area contributed by atoms with E-state index >= 15 is 0 Å². The summed E-state index contributed by atoms with van der Waals surface area (Å²) >= 11 is 3.65. The summed E-state index contributed by atoms with van der Waals surface area (Å²) in [5.74, 6) is 0.282. The fraction of sp³-hybridized carbons (Fsp3) is 0.625. The maximum absolute atomic E-state index is 12.1. The van der Waals surface area contributed by atoms with Gasteiger partial charge in [-0.25, -0.2) is 8.42 Å².